The summed E-state index contributed by atoms with van der Waals surface area (Å²) in [6.45, 7) is 9.44. The lowest BCUT2D eigenvalue weighted by Gasteiger charge is -2.35. The monoisotopic (exact) mass is 474 g/mol. The Morgan fingerprint density at radius 2 is 1.18 bits per heavy atom. The standard InChI is InChI=1S/C28H42O6/c1-16-6-9-21(19(4)12-16)11-8-18(3)23(14-22-10-7-17(2)13-20(22)5)25(31)27(33)28(34)26(32)24(30)15-29/h6-7,9-10,12-13,18,23-34H,8,11,14-15H2,1-5H3/t18?,23?,24-,25?,26+,27+,28-/m0/s1. The van der Waals surface area contributed by atoms with Crippen molar-refractivity contribution in [2.45, 2.75) is 84.4 Å². The van der Waals surface area contributed by atoms with Gasteiger partial charge in [-0.3, -0.25) is 0 Å². The Hall–Kier alpha value is -1.80. The molecular formula is C28H42O6. The highest BCUT2D eigenvalue weighted by Crippen LogP contribution is 2.30. The molecule has 7 atom stereocenters. The van der Waals surface area contributed by atoms with E-state index in [-0.39, 0.29) is 5.92 Å². The minimum absolute atomic E-state index is 0.0156. The fourth-order valence-corrected chi connectivity index (χ4v) is 4.70. The average molecular weight is 475 g/mol. The van der Waals surface area contributed by atoms with Gasteiger partial charge < -0.3 is 30.6 Å². The van der Waals surface area contributed by atoms with E-state index in [0.717, 1.165) is 29.5 Å². The molecule has 0 heterocycles. The number of hydrogen-bond donors (Lipinski definition) is 6. The fraction of sp³-hybridized carbons (Fsp3) is 0.571. The van der Waals surface area contributed by atoms with Gasteiger partial charge >= 0.3 is 0 Å². The lowest BCUT2D eigenvalue weighted by Crippen LogP contribution is -2.52. The van der Waals surface area contributed by atoms with Crippen LogP contribution in [-0.4, -0.2) is 67.8 Å². The van der Waals surface area contributed by atoms with E-state index in [2.05, 4.69) is 38.1 Å². The van der Waals surface area contributed by atoms with Gasteiger partial charge in [0.25, 0.3) is 0 Å². The first-order valence-corrected chi connectivity index (χ1v) is 12.1. The number of aliphatic hydroxyl groups excluding tert-OH is 6. The third-order valence-electron chi connectivity index (χ3n) is 7.12. The molecule has 2 rings (SSSR count). The Bertz CT molecular complexity index is 914. The van der Waals surface area contributed by atoms with Crippen LogP contribution in [0.1, 0.15) is 46.7 Å². The summed E-state index contributed by atoms with van der Waals surface area (Å²) in [4.78, 5) is 0. The molecule has 3 unspecified atom stereocenters. The summed E-state index contributed by atoms with van der Waals surface area (Å²) in [6, 6.07) is 12.5. The van der Waals surface area contributed by atoms with Gasteiger partial charge in [0, 0.05) is 0 Å². The third-order valence-corrected chi connectivity index (χ3v) is 7.12. The van der Waals surface area contributed by atoms with E-state index in [1.54, 1.807) is 0 Å². The third kappa shape index (κ3) is 7.35. The first-order chi connectivity index (χ1) is 16.0. The van der Waals surface area contributed by atoms with Crippen LogP contribution in [0.25, 0.3) is 0 Å². The van der Waals surface area contributed by atoms with Crippen molar-refractivity contribution < 1.29 is 30.6 Å². The zero-order chi connectivity index (χ0) is 25.6. The maximum atomic E-state index is 11.2. The molecule has 2 aromatic rings. The number of benzene rings is 2. The highest BCUT2D eigenvalue weighted by Gasteiger charge is 2.39. The largest absolute Gasteiger partial charge is 0.394 e. The Balaban J connectivity index is 2.26. The van der Waals surface area contributed by atoms with E-state index in [1.807, 2.05) is 32.9 Å². The molecular weight excluding hydrogens is 432 g/mol. The highest BCUT2D eigenvalue weighted by molar-refractivity contribution is 5.32. The molecule has 0 amide bonds. The van der Waals surface area contributed by atoms with Crippen molar-refractivity contribution in [1.29, 1.82) is 0 Å². The molecule has 6 N–H and O–H groups in total. The van der Waals surface area contributed by atoms with Gasteiger partial charge in [-0.25, -0.2) is 0 Å². The van der Waals surface area contributed by atoms with Crippen molar-refractivity contribution in [1.82, 2.24) is 0 Å². The van der Waals surface area contributed by atoms with E-state index in [4.69, 9.17) is 5.11 Å². The SMILES string of the molecule is Cc1ccc(CCC(C)C(Cc2ccc(C)cc2C)C(O)[C@@H](O)[C@@H](O)[C@H](O)[C@@H](O)CO)c(C)c1. The summed E-state index contributed by atoms with van der Waals surface area (Å²) in [5.41, 5.74) is 6.93. The van der Waals surface area contributed by atoms with Crippen LogP contribution >= 0.6 is 0 Å². The molecule has 0 aliphatic rings. The zero-order valence-electron chi connectivity index (χ0n) is 21.0. The molecule has 0 spiro atoms. The van der Waals surface area contributed by atoms with Crippen LogP contribution in [0.3, 0.4) is 0 Å². The van der Waals surface area contributed by atoms with Gasteiger partial charge in [0.2, 0.25) is 0 Å². The topological polar surface area (TPSA) is 121 Å². The van der Waals surface area contributed by atoms with Gasteiger partial charge in [0.1, 0.15) is 24.4 Å². The average Bonchev–Trinajstić information content (AvgIpc) is 2.80. The molecule has 2 aromatic carbocycles. The van der Waals surface area contributed by atoms with Crippen LogP contribution in [0, 0.1) is 39.5 Å². The molecule has 190 valence electrons. The van der Waals surface area contributed by atoms with E-state index >= 15 is 0 Å². The smallest absolute Gasteiger partial charge is 0.111 e. The Kier molecular flexibility index (Phi) is 10.7. The molecule has 6 heteroatoms. The minimum atomic E-state index is -1.80. The second-order valence-electron chi connectivity index (χ2n) is 9.96. The molecule has 0 aliphatic carbocycles. The summed E-state index contributed by atoms with van der Waals surface area (Å²) in [7, 11) is 0. The van der Waals surface area contributed by atoms with Crippen molar-refractivity contribution in [3.05, 3.63) is 69.8 Å². The first kappa shape index (κ1) is 28.4. The number of rotatable bonds is 12. The molecule has 0 bridgehead atoms. The molecule has 6 nitrogen and oxygen atoms in total. The lowest BCUT2D eigenvalue weighted by atomic mass is 9.77. The molecule has 0 fully saturated rings. The zero-order valence-corrected chi connectivity index (χ0v) is 21.0. The minimum Gasteiger partial charge on any atom is -0.394 e. The van der Waals surface area contributed by atoms with E-state index in [1.165, 1.54) is 16.7 Å². The highest BCUT2D eigenvalue weighted by atomic mass is 16.4. The molecule has 0 radical (unpaired) electrons. The van der Waals surface area contributed by atoms with Gasteiger partial charge in [-0.2, -0.15) is 0 Å². The summed E-state index contributed by atoms with van der Waals surface area (Å²) in [5, 5.41) is 61.1. The lowest BCUT2D eigenvalue weighted by molar-refractivity contribution is -0.152. The van der Waals surface area contributed by atoms with Gasteiger partial charge in [-0.1, -0.05) is 54.4 Å². The molecule has 0 saturated heterocycles. The van der Waals surface area contributed by atoms with Crippen molar-refractivity contribution in [3.8, 4) is 0 Å². The van der Waals surface area contributed by atoms with Crippen LogP contribution in [0.2, 0.25) is 0 Å². The Labute approximate surface area is 203 Å². The molecule has 34 heavy (non-hydrogen) atoms. The maximum Gasteiger partial charge on any atom is 0.111 e. The van der Waals surface area contributed by atoms with Gasteiger partial charge in [-0.05, 0) is 81.0 Å². The van der Waals surface area contributed by atoms with Crippen molar-refractivity contribution in [3.63, 3.8) is 0 Å². The van der Waals surface area contributed by atoms with Gasteiger partial charge in [-0.15, -0.1) is 0 Å². The number of hydrogen-bond acceptors (Lipinski definition) is 6. The molecule has 0 aliphatic heterocycles. The summed E-state index contributed by atoms with van der Waals surface area (Å²) in [6.07, 6.45) is -6.15. The summed E-state index contributed by atoms with van der Waals surface area (Å²) < 4.78 is 0. The number of aryl methyl sites for hydroxylation is 5. The van der Waals surface area contributed by atoms with Crippen LogP contribution in [0.4, 0.5) is 0 Å². The summed E-state index contributed by atoms with van der Waals surface area (Å²) >= 11 is 0. The van der Waals surface area contributed by atoms with Crippen LogP contribution in [-0.2, 0) is 12.8 Å². The van der Waals surface area contributed by atoms with Gasteiger partial charge in [0.15, 0.2) is 0 Å². The molecule has 0 saturated carbocycles. The van der Waals surface area contributed by atoms with Crippen molar-refractivity contribution in [2.75, 3.05) is 6.61 Å². The van der Waals surface area contributed by atoms with Crippen molar-refractivity contribution in [2.24, 2.45) is 11.8 Å². The maximum absolute atomic E-state index is 11.2. The normalized spacial score (nSPS) is 18.1. The van der Waals surface area contributed by atoms with E-state index in [9.17, 15) is 25.5 Å². The van der Waals surface area contributed by atoms with Gasteiger partial charge in [0.05, 0.1) is 12.7 Å². The first-order valence-electron chi connectivity index (χ1n) is 12.1. The second kappa shape index (κ2) is 12.8. The number of aliphatic hydroxyl groups is 6. The Morgan fingerprint density at radius 3 is 1.68 bits per heavy atom. The van der Waals surface area contributed by atoms with Crippen LogP contribution in [0.5, 0.6) is 0 Å². The van der Waals surface area contributed by atoms with E-state index in [0.29, 0.717) is 6.42 Å². The molecule has 0 aromatic heterocycles. The second-order valence-corrected chi connectivity index (χ2v) is 9.96. The van der Waals surface area contributed by atoms with E-state index < -0.39 is 43.0 Å². The van der Waals surface area contributed by atoms with Crippen LogP contribution in [0.15, 0.2) is 36.4 Å². The predicted octanol–water partition coefficient (Wildman–Crippen LogP) is 2.14. The predicted molar refractivity (Wildman–Crippen MR) is 134 cm³/mol. The fourth-order valence-electron chi connectivity index (χ4n) is 4.70. The quantitative estimate of drug-likeness (QED) is 0.280. The summed E-state index contributed by atoms with van der Waals surface area (Å²) in [5.74, 6) is -0.423. The Morgan fingerprint density at radius 1 is 0.676 bits per heavy atom. The van der Waals surface area contributed by atoms with Crippen LogP contribution < -0.4 is 0 Å². The van der Waals surface area contributed by atoms with Crippen molar-refractivity contribution >= 4 is 0 Å².